The van der Waals surface area contributed by atoms with Gasteiger partial charge in [-0.05, 0) is 148 Å². The molecule has 4 aliphatic carbocycles. The first-order chi connectivity index (χ1) is 37.4. The molecule has 0 spiro atoms. The highest BCUT2D eigenvalue weighted by atomic mass is 16.6. The summed E-state index contributed by atoms with van der Waals surface area (Å²) in [6.45, 7) is 11.3. The molecule has 1 unspecified atom stereocenters. The van der Waals surface area contributed by atoms with E-state index in [-0.39, 0.29) is 71.5 Å². The van der Waals surface area contributed by atoms with E-state index < -0.39 is 34.6 Å². The Kier molecular flexibility index (Phi) is 13.9. The number of aromatic nitrogens is 2. The number of carbonyl (C=O) groups is 6. The molecule has 16 heteroatoms. The van der Waals surface area contributed by atoms with Crippen molar-refractivity contribution in [3.63, 3.8) is 0 Å². The van der Waals surface area contributed by atoms with Crippen LogP contribution in [0.1, 0.15) is 145 Å². The van der Waals surface area contributed by atoms with E-state index in [0.717, 1.165) is 73.7 Å². The number of unbranched alkanes of at least 4 members (excludes halogenated alkanes) is 2. The van der Waals surface area contributed by atoms with Gasteiger partial charge in [-0.25, -0.2) is 14.6 Å². The summed E-state index contributed by atoms with van der Waals surface area (Å²) in [6.07, 6.45) is 10.1. The predicted octanol–water partition coefficient (Wildman–Crippen LogP) is 8.77. The summed E-state index contributed by atoms with van der Waals surface area (Å²) in [5.74, 6) is -0.156. The summed E-state index contributed by atoms with van der Waals surface area (Å²) >= 11 is 0. The molecule has 3 aliphatic heterocycles. The van der Waals surface area contributed by atoms with Crippen molar-refractivity contribution in [2.75, 3.05) is 44.7 Å². The van der Waals surface area contributed by atoms with Crippen LogP contribution in [0.15, 0.2) is 76.1 Å². The maximum atomic E-state index is 13.8. The van der Waals surface area contributed by atoms with Gasteiger partial charge in [-0.1, -0.05) is 44.9 Å². The Morgan fingerprint density at radius 1 is 0.897 bits per heavy atom. The third-order valence-electron chi connectivity index (χ3n) is 19.1. The van der Waals surface area contributed by atoms with Crippen LogP contribution in [-0.4, -0.2) is 105 Å². The second-order valence-corrected chi connectivity index (χ2v) is 23.1. The van der Waals surface area contributed by atoms with Crippen LogP contribution >= 0.6 is 0 Å². The van der Waals surface area contributed by atoms with E-state index in [1.165, 1.54) is 29.2 Å². The number of piperazine rings is 1. The maximum absolute atomic E-state index is 13.8. The lowest BCUT2D eigenvalue weighted by Gasteiger charge is -2.55. The Balaban J connectivity index is 0.673. The minimum Gasteiger partial charge on any atom is -0.458 e. The Bertz CT molecular complexity index is 3310. The molecule has 11 rings (SSSR count). The molecule has 2 amide bonds. The first kappa shape index (κ1) is 53.1. The number of aryl methyl sites for hydroxylation is 1. The number of carbonyl (C=O) groups excluding carboxylic acids is 6. The molecule has 0 bridgehead atoms. The molecule has 3 fully saturated rings. The molecule has 78 heavy (non-hydrogen) atoms. The number of benzene rings is 2. The van der Waals surface area contributed by atoms with Crippen LogP contribution in [-0.2, 0) is 58.6 Å². The quantitative estimate of drug-likeness (QED) is 0.0869. The van der Waals surface area contributed by atoms with Crippen molar-refractivity contribution in [2.24, 2.45) is 17.3 Å². The van der Waals surface area contributed by atoms with Crippen molar-refractivity contribution in [3.8, 4) is 17.1 Å². The number of pyridine rings is 2. The SMILES string of the molecule is CCc1c2c(nc3ccc(OC(=O)N4CCN(C(=O)CCCCCN(C)c5ccc([C@H]6C[C@@]7(C)[C@@H](CC[C@]7(OC(C)=O)C(C)=O)C7CCC8=CC(=O)CCC8=C76)cc5)CC4)cc13)-c1cc3c(c(=O)n1C2)COC(=O)[C@]3(O)CC. The average molecular weight is 1060 g/mol. The lowest BCUT2D eigenvalue weighted by Crippen LogP contribution is -2.57. The molecular formula is C62H71N5O11. The van der Waals surface area contributed by atoms with Gasteiger partial charge in [0.1, 0.15) is 12.4 Å². The normalized spacial score (nSPS) is 26.0. The molecule has 2 aromatic carbocycles. The van der Waals surface area contributed by atoms with Gasteiger partial charge < -0.3 is 38.6 Å². The summed E-state index contributed by atoms with van der Waals surface area (Å²) in [7, 11) is 2.09. The second-order valence-electron chi connectivity index (χ2n) is 23.1. The fourth-order valence-corrected chi connectivity index (χ4v) is 15.0. The fourth-order valence-electron chi connectivity index (χ4n) is 15.0. The number of hydrogen-bond acceptors (Lipinski definition) is 13. The van der Waals surface area contributed by atoms with Gasteiger partial charge in [0.25, 0.3) is 5.56 Å². The van der Waals surface area contributed by atoms with Gasteiger partial charge >= 0.3 is 18.0 Å². The van der Waals surface area contributed by atoms with Crippen molar-refractivity contribution in [2.45, 2.75) is 148 Å². The standard InChI is InChI=1S/C62H71N5O11/c1-7-43-46-31-42(19-22-52(46)63-56-48(43)34-67-53(56)32-51-49(57(67)72)35-76-58(73)61(51,75)8-2)77-59(74)66-28-26-65(27-29-66)54(71)12-10-9-11-25-64(6)40-16-13-38(14-17-40)47-33-60(5)50(23-24-62(60,36(3)68)78-37(4)69)45-20-15-39-30-41(70)18-21-44(39)55(45)47/h13-14,16-17,19,22,30-32,45,47,50,75H,7-12,15,18,20-21,23-29,33-35H2,1-6H3/t45?,47-,50+,60+,61+,62+/m1/s1. The van der Waals surface area contributed by atoms with Crippen LogP contribution in [0.4, 0.5) is 10.5 Å². The van der Waals surface area contributed by atoms with Crippen LogP contribution < -0.4 is 15.2 Å². The number of rotatable bonds is 13. The van der Waals surface area contributed by atoms with Crippen LogP contribution in [0.2, 0.25) is 0 Å². The van der Waals surface area contributed by atoms with Gasteiger partial charge in [-0.3, -0.25) is 24.0 Å². The number of esters is 2. The molecule has 5 heterocycles. The van der Waals surface area contributed by atoms with E-state index >= 15 is 0 Å². The van der Waals surface area contributed by atoms with Crippen molar-refractivity contribution in [1.82, 2.24) is 19.4 Å². The monoisotopic (exact) mass is 1060 g/mol. The van der Waals surface area contributed by atoms with Gasteiger partial charge in [0.05, 0.1) is 29.0 Å². The molecule has 6 atom stereocenters. The van der Waals surface area contributed by atoms with E-state index in [2.05, 4.69) is 43.1 Å². The number of cyclic esters (lactones) is 1. The third-order valence-corrected chi connectivity index (χ3v) is 19.1. The minimum atomic E-state index is -1.92. The zero-order valence-electron chi connectivity index (χ0n) is 45.8. The largest absolute Gasteiger partial charge is 0.458 e. The van der Waals surface area contributed by atoms with Gasteiger partial charge in [-0.15, -0.1) is 0 Å². The Morgan fingerprint density at radius 3 is 2.37 bits per heavy atom. The summed E-state index contributed by atoms with van der Waals surface area (Å²) in [5, 5.41) is 12.1. The molecule has 4 aromatic rings. The molecular weight excluding hydrogens is 991 g/mol. The molecule has 2 saturated carbocycles. The number of amides is 2. The molecule has 16 nitrogen and oxygen atoms in total. The number of aliphatic hydroxyl groups is 1. The number of nitrogens with zero attached hydrogens (tertiary/aromatic N) is 5. The van der Waals surface area contributed by atoms with Crippen LogP contribution in [0.5, 0.6) is 5.75 Å². The third kappa shape index (κ3) is 8.76. The van der Waals surface area contributed by atoms with E-state index in [1.54, 1.807) is 41.5 Å². The minimum absolute atomic E-state index is 0.0258. The predicted molar refractivity (Wildman–Crippen MR) is 292 cm³/mol. The van der Waals surface area contributed by atoms with E-state index in [9.17, 15) is 38.7 Å². The number of ketones is 2. The zero-order valence-corrected chi connectivity index (χ0v) is 45.8. The molecule has 410 valence electrons. The summed E-state index contributed by atoms with van der Waals surface area (Å²) < 4.78 is 18.9. The topological polar surface area (TPSA) is 195 Å². The highest BCUT2D eigenvalue weighted by Crippen LogP contribution is 2.68. The number of ether oxygens (including phenoxy) is 3. The molecule has 7 aliphatic rings. The number of hydrogen-bond donors (Lipinski definition) is 1. The Morgan fingerprint density at radius 2 is 1.65 bits per heavy atom. The summed E-state index contributed by atoms with van der Waals surface area (Å²) in [5.41, 5.74) is 6.43. The zero-order chi connectivity index (χ0) is 55.0. The van der Waals surface area contributed by atoms with E-state index in [4.69, 9.17) is 19.2 Å². The maximum Gasteiger partial charge on any atom is 0.415 e. The Hall–Kier alpha value is -6.94. The van der Waals surface area contributed by atoms with Gasteiger partial charge in [0, 0.05) is 93.1 Å². The number of Topliss-reactive ketones (excluding diaryl/α,β-unsaturated/α-hetero) is 1. The van der Waals surface area contributed by atoms with E-state index in [0.29, 0.717) is 80.9 Å². The van der Waals surface area contributed by atoms with Crippen molar-refractivity contribution < 1.29 is 48.1 Å². The number of anilines is 1. The fraction of sp³-hybridized carbons (Fsp3) is 0.516. The lowest BCUT2D eigenvalue weighted by molar-refractivity contribution is -0.182. The van der Waals surface area contributed by atoms with Crippen LogP contribution in [0.3, 0.4) is 0 Å². The number of fused-ring (bicyclic) bond motifs is 9. The van der Waals surface area contributed by atoms with Gasteiger partial charge in [0.15, 0.2) is 22.8 Å². The Labute approximate surface area is 454 Å². The molecule has 1 N–H and O–H groups in total. The number of allylic oxidation sites excluding steroid dienone is 4. The van der Waals surface area contributed by atoms with Gasteiger partial charge in [0.2, 0.25) is 5.91 Å². The van der Waals surface area contributed by atoms with Crippen molar-refractivity contribution >= 4 is 52.1 Å². The molecule has 2 aromatic heterocycles. The van der Waals surface area contributed by atoms with Gasteiger partial charge in [-0.2, -0.15) is 0 Å². The van der Waals surface area contributed by atoms with E-state index in [1.807, 2.05) is 24.0 Å². The first-order valence-corrected chi connectivity index (χ1v) is 28.2. The highest BCUT2D eigenvalue weighted by molar-refractivity contribution is 5.94. The highest BCUT2D eigenvalue weighted by Gasteiger charge is 2.67. The van der Waals surface area contributed by atoms with Crippen LogP contribution in [0.25, 0.3) is 22.3 Å². The summed E-state index contributed by atoms with van der Waals surface area (Å²) in [6, 6.07) is 15.8. The molecule has 0 radical (unpaired) electrons. The van der Waals surface area contributed by atoms with Crippen molar-refractivity contribution in [3.05, 3.63) is 109 Å². The van der Waals surface area contributed by atoms with Crippen molar-refractivity contribution in [1.29, 1.82) is 0 Å². The first-order valence-electron chi connectivity index (χ1n) is 28.2. The lowest BCUT2D eigenvalue weighted by atomic mass is 9.50. The molecule has 1 saturated heterocycles. The smallest absolute Gasteiger partial charge is 0.415 e. The second kappa shape index (κ2) is 20.4. The van der Waals surface area contributed by atoms with Crippen LogP contribution in [0, 0.1) is 17.3 Å². The average Bonchev–Trinajstić information content (AvgIpc) is 3.59. The summed E-state index contributed by atoms with van der Waals surface area (Å²) in [4.78, 5) is 103.